The van der Waals surface area contributed by atoms with Gasteiger partial charge in [0.1, 0.15) is 5.75 Å². The highest BCUT2D eigenvalue weighted by Crippen LogP contribution is 2.47. The fourth-order valence-electron chi connectivity index (χ4n) is 2.85. The van der Waals surface area contributed by atoms with Crippen LogP contribution >= 0.6 is 0 Å². The normalized spacial score (nSPS) is 17.6. The number of rotatable bonds is 3. The summed E-state index contributed by atoms with van der Waals surface area (Å²) in [4.78, 5) is 12.4. The number of esters is 1. The molecule has 27 heavy (non-hydrogen) atoms. The molecule has 1 heterocycles. The number of hydrogen-bond donors (Lipinski definition) is 2. The summed E-state index contributed by atoms with van der Waals surface area (Å²) in [7, 11) is 0. The summed E-state index contributed by atoms with van der Waals surface area (Å²) in [5.74, 6) is -1.82. The minimum Gasteiger partial charge on any atom is -0.504 e. The molecule has 3 aromatic carbocycles. The molecule has 6 nitrogen and oxygen atoms in total. The van der Waals surface area contributed by atoms with E-state index in [1.165, 1.54) is 12.1 Å². The number of benzene rings is 3. The van der Waals surface area contributed by atoms with Crippen molar-refractivity contribution in [1.29, 1.82) is 0 Å². The molecule has 0 aliphatic carbocycles. The Morgan fingerprint density at radius 2 is 1.81 bits per heavy atom. The lowest BCUT2D eigenvalue weighted by atomic mass is 10.2. The van der Waals surface area contributed by atoms with Crippen molar-refractivity contribution < 1.29 is 24.1 Å². The van der Waals surface area contributed by atoms with Gasteiger partial charge in [-0.1, -0.05) is 30.3 Å². The lowest BCUT2D eigenvalue weighted by molar-refractivity contribution is -0.0810. The quantitative estimate of drug-likeness (QED) is 0.547. The van der Waals surface area contributed by atoms with Gasteiger partial charge in [0.05, 0.1) is 11.1 Å². The maximum Gasteiger partial charge on any atom is 0.343 e. The average Bonchev–Trinajstić information content (AvgIpc) is 3.01. The Hall–Kier alpha value is -3.51. The molecular formula is C21H17NO5. The first kappa shape index (κ1) is 16.9. The van der Waals surface area contributed by atoms with Gasteiger partial charge in [-0.2, -0.15) is 0 Å². The number of aryl methyl sites for hydroxylation is 1. The average molecular weight is 363 g/mol. The Balaban J connectivity index is 1.62. The van der Waals surface area contributed by atoms with E-state index in [1.807, 2.05) is 19.1 Å². The first-order valence-corrected chi connectivity index (χ1v) is 8.33. The van der Waals surface area contributed by atoms with Gasteiger partial charge >= 0.3 is 11.9 Å². The molecule has 0 radical (unpaired) electrons. The number of aromatic hydroxyl groups is 1. The summed E-state index contributed by atoms with van der Waals surface area (Å²) < 4.78 is 16.7. The first-order chi connectivity index (χ1) is 12.9. The lowest BCUT2D eigenvalue weighted by Crippen LogP contribution is -2.44. The van der Waals surface area contributed by atoms with Gasteiger partial charge in [-0.25, -0.2) is 4.79 Å². The fraction of sp³-hybridized carbons (Fsp3) is 0.0952. The number of hydrogen-bond acceptors (Lipinski definition) is 6. The molecule has 136 valence electrons. The third-order valence-corrected chi connectivity index (χ3v) is 4.16. The minimum absolute atomic E-state index is 0.0773. The molecule has 6 heteroatoms. The smallest absolute Gasteiger partial charge is 0.343 e. The molecule has 0 amide bonds. The van der Waals surface area contributed by atoms with Gasteiger partial charge in [0.2, 0.25) is 5.75 Å². The van der Waals surface area contributed by atoms with E-state index in [-0.39, 0.29) is 22.8 Å². The molecule has 1 unspecified atom stereocenters. The van der Waals surface area contributed by atoms with Gasteiger partial charge in [-0.3, -0.25) is 5.73 Å². The standard InChI is InChI=1S/C21H17NO5/c1-13-6-5-9-16(10-13)25-20(24)14-11-17(23)19-18(12-14)26-21(22,27-19)15-7-3-2-4-8-15/h2-12,23H,22H2,1H3. The number of carbonyl (C=O) groups is 1. The number of fused-ring (bicyclic) bond motifs is 1. The monoisotopic (exact) mass is 363 g/mol. The minimum atomic E-state index is -1.58. The third kappa shape index (κ3) is 3.18. The van der Waals surface area contributed by atoms with E-state index >= 15 is 0 Å². The van der Waals surface area contributed by atoms with E-state index in [9.17, 15) is 9.90 Å². The molecule has 1 atom stereocenters. The second-order valence-electron chi connectivity index (χ2n) is 6.27. The van der Waals surface area contributed by atoms with Gasteiger partial charge in [0.25, 0.3) is 0 Å². The molecule has 0 saturated carbocycles. The highest BCUT2D eigenvalue weighted by molar-refractivity contribution is 5.92. The first-order valence-electron chi connectivity index (χ1n) is 8.33. The van der Waals surface area contributed by atoms with Crippen LogP contribution in [0.5, 0.6) is 23.0 Å². The second kappa shape index (κ2) is 6.34. The van der Waals surface area contributed by atoms with Crippen LogP contribution in [0.4, 0.5) is 0 Å². The highest BCUT2D eigenvalue weighted by atomic mass is 16.8. The SMILES string of the molecule is Cc1cccc(OC(=O)c2cc(O)c3c(c2)OC(N)(c2ccccc2)O3)c1. The van der Waals surface area contributed by atoms with Crippen LogP contribution in [0.25, 0.3) is 0 Å². The van der Waals surface area contributed by atoms with Crippen molar-refractivity contribution in [2.75, 3.05) is 0 Å². The number of carbonyl (C=O) groups excluding carboxylic acids is 1. The summed E-state index contributed by atoms with van der Waals surface area (Å²) in [5, 5.41) is 10.3. The largest absolute Gasteiger partial charge is 0.504 e. The molecule has 0 spiro atoms. The molecule has 1 aliphatic rings. The zero-order valence-electron chi connectivity index (χ0n) is 14.5. The Labute approximate surface area is 155 Å². The molecule has 3 aromatic rings. The summed E-state index contributed by atoms with van der Waals surface area (Å²) in [6.45, 7) is 1.90. The molecule has 0 saturated heterocycles. The van der Waals surface area contributed by atoms with Crippen LogP contribution in [0.1, 0.15) is 21.5 Å². The van der Waals surface area contributed by atoms with Crippen molar-refractivity contribution in [3.05, 3.63) is 83.4 Å². The van der Waals surface area contributed by atoms with Gasteiger partial charge in [-0.05, 0) is 48.9 Å². The van der Waals surface area contributed by atoms with Crippen molar-refractivity contribution in [2.45, 2.75) is 12.8 Å². The maximum absolute atomic E-state index is 12.4. The second-order valence-corrected chi connectivity index (χ2v) is 6.27. The molecule has 0 bridgehead atoms. The van der Waals surface area contributed by atoms with Crippen molar-refractivity contribution in [3.8, 4) is 23.0 Å². The summed E-state index contributed by atoms with van der Waals surface area (Å²) >= 11 is 0. The molecule has 0 fully saturated rings. The zero-order chi connectivity index (χ0) is 19.0. The van der Waals surface area contributed by atoms with Crippen LogP contribution in [0, 0.1) is 6.92 Å². The van der Waals surface area contributed by atoms with E-state index in [0.717, 1.165) is 5.56 Å². The predicted octanol–water partition coefficient (Wildman–Crippen LogP) is 3.46. The van der Waals surface area contributed by atoms with Crippen molar-refractivity contribution in [2.24, 2.45) is 5.73 Å². The summed E-state index contributed by atoms with van der Waals surface area (Å²) in [5.41, 5.74) is 7.85. The lowest BCUT2D eigenvalue weighted by Gasteiger charge is -2.22. The molecular weight excluding hydrogens is 346 g/mol. The van der Waals surface area contributed by atoms with Gasteiger partial charge in [0.15, 0.2) is 11.5 Å². The third-order valence-electron chi connectivity index (χ3n) is 4.16. The van der Waals surface area contributed by atoms with Crippen LogP contribution in [0.3, 0.4) is 0 Å². The van der Waals surface area contributed by atoms with E-state index in [1.54, 1.807) is 42.5 Å². The Morgan fingerprint density at radius 3 is 2.56 bits per heavy atom. The maximum atomic E-state index is 12.4. The molecule has 0 aromatic heterocycles. The van der Waals surface area contributed by atoms with Crippen LogP contribution in [-0.2, 0) is 5.91 Å². The Morgan fingerprint density at radius 1 is 1.04 bits per heavy atom. The van der Waals surface area contributed by atoms with Gasteiger partial charge in [0, 0.05) is 0 Å². The fourth-order valence-corrected chi connectivity index (χ4v) is 2.85. The Bertz CT molecular complexity index is 1020. The van der Waals surface area contributed by atoms with Crippen LogP contribution in [0.2, 0.25) is 0 Å². The molecule has 1 aliphatic heterocycles. The molecule has 3 N–H and O–H groups in total. The van der Waals surface area contributed by atoms with E-state index in [0.29, 0.717) is 11.3 Å². The summed E-state index contributed by atoms with van der Waals surface area (Å²) in [6.07, 6.45) is 0. The van der Waals surface area contributed by atoms with Crippen molar-refractivity contribution >= 4 is 5.97 Å². The van der Waals surface area contributed by atoms with Crippen molar-refractivity contribution in [3.63, 3.8) is 0 Å². The van der Waals surface area contributed by atoms with Crippen LogP contribution in [-0.4, -0.2) is 11.1 Å². The Kier molecular flexibility index (Phi) is 3.97. The van der Waals surface area contributed by atoms with E-state index < -0.39 is 11.9 Å². The van der Waals surface area contributed by atoms with E-state index in [4.69, 9.17) is 19.9 Å². The number of ether oxygens (including phenoxy) is 3. The predicted molar refractivity (Wildman–Crippen MR) is 97.8 cm³/mol. The topological polar surface area (TPSA) is 91.0 Å². The van der Waals surface area contributed by atoms with Gasteiger partial charge in [-0.15, -0.1) is 0 Å². The molecule has 4 rings (SSSR count). The number of nitrogens with two attached hydrogens (primary N) is 1. The van der Waals surface area contributed by atoms with Crippen LogP contribution < -0.4 is 19.9 Å². The van der Waals surface area contributed by atoms with E-state index in [2.05, 4.69) is 0 Å². The van der Waals surface area contributed by atoms with Gasteiger partial charge < -0.3 is 19.3 Å². The summed E-state index contributed by atoms with van der Waals surface area (Å²) in [6, 6.07) is 18.7. The zero-order valence-corrected chi connectivity index (χ0v) is 14.5. The van der Waals surface area contributed by atoms with Crippen LogP contribution in [0.15, 0.2) is 66.7 Å². The number of phenols is 1. The van der Waals surface area contributed by atoms with Crippen molar-refractivity contribution in [1.82, 2.24) is 0 Å². The number of phenolic OH excluding ortho intramolecular Hbond substituents is 1. The highest BCUT2D eigenvalue weighted by Gasteiger charge is 2.42.